The molecule has 0 N–H and O–H groups in total. The van der Waals surface area contributed by atoms with Crippen molar-refractivity contribution < 1.29 is 4.79 Å². The predicted molar refractivity (Wildman–Crippen MR) is 82.0 cm³/mol. The zero-order chi connectivity index (χ0) is 14.0. The molecule has 2 nitrogen and oxygen atoms in total. The van der Waals surface area contributed by atoms with Crippen molar-refractivity contribution in [2.45, 2.75) is 50.0 Å². The summed E-state index contributed by atoms with van der Waals surface area (Å²) in [5.74, 6) is 0.991. The second kappa shape index (κ2) is 5.77. The van der Waals surface area contributed by atoms with Gasteiger partial charge in [-0.2, -0.15) is 0 Å². The van der Waals surface area contributed by atoms with Crippen molar-refractivity contribution in [1.29, 1.82) is 0 Å². The van der Waals surface area contributed by atoms with Crippen molar-refractivity contribution in [1.82, 2.24) is 4.90 Å². The number of hydrogen-bond donors (Lipinski definition) is 0. The highest BCUT2D eigenvalue weighted by Crippen LogP contribution is 2.50. The molecule has 0 spiro atoms. The molecule has 1 aliphatic heterocycles. The average Bonchev–Trinajstić information content (AvgIpc) is 3.30. The quantitative estimate of drug-likeness (QED) is 0.774. The first kappa shape index (κ1) is 13.9. The molecule has 1 aliphatic carbocycles. The van der Waals surface area contributed by atoms with Crippen LogP contribution in [0.25, 0.3) is 0 Å². The van der Waals surface area contributed by atoms with Crippen LogP contribution in [0.4, 0.5) is 0 Å². The van der Waals surface area contributed by atoms with Crippen molar-refractivity contribution >= 4 is 17.5 Å². The zero-order valence-electron chi connectivity index (χ0n) is 11.9. The van der Waals surface area contributed by atoms with E-state index in [2.05, 4.69) is 17.0 Å². The Morgan fingerprint density at radius 1 is 1.25 bits per heavy atom. The molecule has 1 atom stereocenters. The van der Waals surface area contributed by atoms with Crippen molar-refractivity contribution in [3.63, 3.8) is 0 Å². The largest absolute Gasteiger partial charge is 0.339 e. The van der Waals surface area contributed by atoms with E-state index in [1.807, 2.05) is 18.2 Å². The van der Waals surface area contributed by atoms with Crippen molar-refractivity contribution in [3.8, 4) is 0 Å². The highest BCUT2D eigenvalue weighted by Gasteiger charge is 2.53. The standard InChI is InChI=1S/C17H22ClNO/c18-12-9-15-8-4-5-13-19(15)16(20)17(10-11-17)14-6-2-1-3-7-14/h1-3,6-7,15H,4-5,8-13H2. The number of hydrogen-bond acceptors (Lipinski definition) is 1. The third-order valence-corrected chi connectivity index (χ3v) is 5.03. The third kappa shape index (κ3) is 2.46. The first-order valence-electron chi connectivity index (χ1n) is 7.70. The van der Waals surface area contributed by atoms with Crippen LogP contribution in [0.2, 0.25) is 0 Å². The Balaban J connectivity index is 1.81. The number of piperidine rings is 1. The maximum Gasteiger partial charge on any atom is 0.233 e. The number of benzene rings is 1. The minimum atomic E-state index is -0.219. The van der Waals surface area contributed by atoms with Crippen LogP contribution in [0, 0.1) is 0 Å². The zero-order valence-corrected chi connectivity index (χ0v) is 12.6. The SMILES string of the molecule is O=C(N1CCCCC1CCCl)C1(c2ccccc2)CC1. The molecule has 0 bridgehead atoms. The second-order valence-electron chi connectivity index (χ2n) is 6.07. The van der Waals surface area contributed by atoms with Crippen molar-refractivity contribution in [2.75, 3.05) is 12.4 Å². The molecule has 1 aromatic carbocycles. The van der Waals surface area contributed by atoms with Gasteiger partial charge < -0.3 is 4.90 Å². The monoisotopic (exact) mass is 291 g/mol. The average molecular weight is 292 g/mol. The summed E-state index contributed by atoms with van der Waals surface area (Å²) >= 11 is 5.91. The molecule has 1 amide bonds. The van der Waals surface area contributed by atoms with E-state index < -0.39 is 0 Å². The first-order valence-corrected chi connectivity index (χ1v) is 8.24. The molecule has 2 aliphatic rings. The molecule has 0 aromatic heterocycles. The molecule has 1 aromatic rings. The number of carbonyl (C=O) groups is 1. The van der Waals surface area contributed by atoms with Gasteiger partial charge in [0.05, 0.1) is 5.41 Å². The summed E-state index contributed by atoms with van der Waals surface area (Å²) in [6.07, 6.45) is 6.40. The molecule has 1 saturated carbocycles. The van der Waals surface area contributed by atoms with Crippen LogP contribution >= 0.6 is 11.6 Å². The van der Waals surface area contributed by atoms with E-state index in [0.717, 1.165) is 38.6 Å². The Hall–Kier alpha value is -1.02. The smallest absolute Gasteiger partial charge is 0.233 e. The van der Waals surface area contributed by atoms with E-state index in [9.17, 15) is 4.79 Å². The van der Waals surface area contributed by atoms with Gasteiger partial charge in [0.1, 0.15) is 0 Å². The fourth-order valence-electron chi connectivity index (χ4n) is 3.48. The topological polar surface area (TPSA) is 20.3 Å². The number of nitrogens with zero attached hydrogens (tertiary/aromatic N) is 1. The van der Waals surface area contributed by atoms with Gasteiger partial charge in [-0.15, -0.1) is 11.6 Å². The molecule has 1 saturated heterocycles. The number of halogens is 1. The van der Waals surface area contributed by atoms with E-state index >= 15 is 0 Å². The summed E-state index contributed by atoms with van der Waals surface area (Å²) in [4.78, 5) is 15.2. The molecular weight excluding hydrogens is 270 g/mol. The highest BCUT2D eigenvalue weighted by molar-refractivity contribution is 6.17. The van der Waals surface area contributed by atoms with E-state index in [1.54, 1.807) is 0 Å². The number of alkyl halides is 1. The van der Waals surface area contributed by atoms with Crippen LogP contribution in [-0.4, -0.2) is 29.3 Å². The van der Waals surface area contributed by atoms with Crippen molar-refractivity contribution in [2.24, 2.45) is 0 Å². The lowest BCUT2D eigenvalue weighted by Crippen LogP contribution is -2.48. The van der Waals surface area contributed by atoms with Crippen LogP contribution in [0.1, 0.15) is 44.1 Å². The maximum absolute atomic E-state index is 13.1. The highest BCUT2D eigenvalue weighted by atomic mass is 35.5. The molecule has 1 unspecified atom stereocenters. The molecule has 108 valence electrons. The molecule has 3 heteroatoms. The molecule has 20 heavy (non-hydrogen) atoms. The van der Waals surface area contributed by atoms with E-state index in [0.29, 0.717) is 17.8 Å². The second-order valence-corrected chi connectivity index (χ2v) is 6.45. The van der Waals surface area contributed by atoms with Crippen LogP contribution in [0.15, 0.2) is 30.3 Å². The molecule has 1 heterocycles. The summed E-state index contributed by atoms with van der Waals surface area (Å²) in [6.45, 7) is 0.912. The van der Waals surface area contributed by atoms with Gasteiger partial charge in [0.25, 0.3) is 0 Å². The lowest BCUT2D eigenvalue weighted by Gasteiger charge is -2.38. The first-order chi connectivity index (χ1) is 9.78. The lowest BCUT2D eigenvalue weighted by atomic mass is 9.91. The molecule has 2 fully saturated rings. The Kier molecular flexibility index (Phi) is 4.02. The minimum Gasteiger partial charge on any atom is -0.339 e. The summed E-state index contributed by atoms with van der Waals surface area (Å²) in [7, 11) is 0. The fourth-order valence-corrected chi connectivity index (χ4v) is 3.73. The predicted octanol–water partition coefficient (Wildman–Crippen LogP) is 3.73. The number of likely N-dealkylation sites (tertiary alicyclic amines) is 1. The lowest BCUT2D eigenvalue weighted by molar-refractivity contribution is -0.137. The van der Waals surface area contributed by atoms with Gasteiger partial charge in [-0.1, -0.05) is 30.3 Å². The van der Waals surface area contributed by atoms with Crippen LogP contribution in [0.3, 0.4) is 0 Å². The fraction of sp³-hybridized carbons (Fsp3) is 0.588. The molecule has 0 radical (unpaired) electrons. The van der Waals surface area contributed by atoms with Crippen LogP contribution in [0.5, 0.6) is 0 Å². The third-order valence-electron chi connectivity index (χ3n) is 4.82. The molecule has 3 rings (SSSR count). The van der Waals surface area contributed by atoms with Crippen molar-refractivity contribution in [3.05, 3.63) is 35.9 Å². The summed E-state index contributed by atoms with van der Waals surface area (Å²) in [6, 6.07) is 10.7. The summed E-state index contributed by atoms with van der Waals surface area (Å²) in [5.41, 5.74) is 0.976. The number of rotatable bonds is 4. The Labute approximate surface area is 126 Å². The van der Waals surface area contributed by atoms with Crippen LogP contribution < -0.4 is 0 Å². The molecular formula is C17H22ClNO. The van der Waals surface area contributed by atoms with Gasteiger partial charge in [0, 0.05) is 18.5 Å². The van der Waals surface area contributed by atoms with Gasteiger partial charge in [-0.05, 0) is 44.1 Å². The van der Waals surface area contributed by atoms with Gasteiger partial charge >= 0.3 is 0 Å². The maximum atomic E-state index is 13.1. The van der Waals surface area contributed by atoms with Gasteiger partial charge in [-0.25, -0.2) is 0 Å². The van der Waals surface area contributed by atoms with E-state index in [4.69, 9.17) is 11.6 Å². The van der Waals surface area contributed by atoms with Gasteiger partial charge in [0.15, 0.2) is 0 Å². The number of carbonyl (C=O) groups excluding carboxylic acids is 1. The Bertz CT molecular complexity index is 467. The summed E-state index contributed by atoms with van der Waals surface area (Å²) < 4.78 is 0. The summed E-state index contributed by atoms with van der Waals surface area (Å²) in [5, 5.41) is 0. The van der Waals surface area contributed by atoms with E-state index in [-0.39, 0.29) is 5.41 Å². The van der Waals surface area contributed by atoms with Gasteiger partial charge in [-0.3, -0.25) is 4.79 Å². The minimum absolute atomic E-state index is 0.219. The Morgan fingerprint density at radius 2 is 2.00 bits per heavy atom. The normalized spacial score (nSPS) is 24.4. The van der Waals surface area contributed by atoms with E-state index in [1.165, 1.54) is 12.0 Å². The Morgan fingerprint density at radius 3 is 2.65 bits per heavy atom. The number of amides is 1. The van der Waals surface area contributed by atoms with Gasteiger partial charge in [0.2, 0.25) is 5.91 Å². The van der Waals surface area contributed by atoms with Crippen LogP contribution in [-0.2, 0) is 10.2 Å².